The molecule has 136 valence electrons. The van der Waals surface area contributed by atoms with Gasteiger partial charge in [-0.3, -0.25) is 14.4 Å². The van der Waals surface area contributed by atoms with Crippen LogP contribution in [0.1, 0.15) is 44.7 Å². The highest BCUT2D eigenvalue weighted by molar-refractivity contribution is 6.06. The summed E-state index contributed by atoms with van der Waals surface area (Å²) in [6, 6.07) is 12.4. The van der Waals surface area contributed by atoms with Crippen LogP contribution in [-0.2, 0) is 0 Å². The molecule has 1 saturated carbocycles. The van der Waals surface area contributed by atoms with Gasteiger partial charge in [0.05, 0.1) is 5.52 Å². The molecule has 0 saturated heterocycles. The Bertz CT molecular complexity index is 1120. The van der Waals surface area contributed by atoms with Crippen molar-refractivity contribution in [1.82, 2.24) is 4.98 Å². The molecule has 4 rings (SSSR count). The van der Waals surface area contributed by atoms with E-state index >= 15 is 0 Å². The van der Waals surface area contributed by atoms with Crippen LogP contribution in [0.4, 0.5) is 5.69 Å². The Morgan fingerprint density at radius 2 is 1.74 bits per heavy atom. The maximum atomic E-state index is 12.6. The van der Waals surface area contributed by atoms with E-state index in [1.54, 1.807) is 30.3 Å². The predicted molar refractivity (Wildman–Crippen MR) is 105 cm³/mol. The number of H-pyrrole nitrogens is 1. The molecule has 1 aliphatic rings. The minimum atomic E-state index is -0.474. The van der Waals surface area contributed by atoms with Crippen molar-refractivity contribution in [3.63, 3.8) is 0 Å². The lowest BCUT2D eigenvalue weighted by Crippen LogP contribution is -2.23. The molecule has 0 aliphatic heterocycles. The van der Waals surface area contributed by atoms with Crippen molar-refractivity contribution in [3.8, 4) is 0 Å². The van der Waals surface area contributed by atoms with Gasteiger partial charge in [0.15, 0.2) is 5.78 Å². The molecule has 27 heavy (non-hydrogen) atoms. The molecule has 0 bridgehead atoms. The van der Waals surface area contributed by atoms with E-state index in [0.29, 0.717) is 11.3 Å². The van der Waals surface area contributed by atoms with Crippen molar-refractivity contribution in [2.75, 3.05) is 5.32 Å². The van der Waals surface area contributed by atoms with Gasteiger partial charge in [0, 0.05) is 17.2 Å². The van der Waals surface area contributed by atoms with Crippen LogP contribution < -0.4 is 10.9 Å². The van der Waals surface area contributed by atoms with Crippen molar-refractivity contribution < 1.29 is 9.59 Å². The zero-order chi connectivity index (χ0) is 19.1. The molecule has 1 heterocycles. The number of hydrogen-bond donors (Lipinski definition) is 2. The summed E-state index contributed by atoms with van der Waals surface area (Å²) < 4.78 is 0. The third kappa shape index (κ3) is 3.40. The largest absolute Gasteiger partial charge is 0.322 e. The van der Waals surface area contributed by atoms with E-state index in [1.807, 2.05) is 26.0 Å². The number of aryl methyl sites for hydroxylation is 2. The quantitative estimate of drug-likeness (QED) is 0.691. The van der Waals surface area contributed by atoms with Gasteiger partial charge in [-0.05, 0) is 74.0 Å². The van der Waals surface area contributed by atoms with Gasteiger partial charge in [0.1, 0.15) is 5.56 Å². The molecule has 5 heteroatoms. The Morgan fingerprint density at radius 3 is 2.41 bits per heavy atom. The second-order valence-electron chi connectivity index (χ2n) is 7.23. The van der Waals surface area contributed by atoms with Crippen LogP contribution in [0.3, 0.4) is 0 Å². The minimum Gasteiger partial charge on any atom is -0.322 e. The second kappa shape index (κ2) is 6.50. The van der Waals surface area contributed by atoms with Gasteiger partial charge in [-0.1, -0.05) is 11.6 Å². The van der Waals surface area contributed by atoms with Crippen LogP contribution >= 0.6 is 0 Å². The van der Waals surface area contributed by atoms with E-state index in [-0.39, 0.29) is 17.3 Å². The molecular weight excluding hydrogens is 340 g/mol. The van der Waals surface area contributed by atoms with Gasteiger partial charge < -0.3 is 10.3 Å². The summed E-state index contributed by atoms with van der Waals surface area (Å²) in [5.74, 6) is -0.156. The van der Waals surface area contributed by atoms with E-state index in [9.17, 15) is 14.4 Å². The first-order valence-corrected chi connectivity index (χ1v) is 9.02. The molecular formula is C22H20N2O3. The number of aromatic amines is 1. The third-order valence-corrected chi connectivity index (χ3v) is 4.91. The van der Waals surface area contributed by atoms with Crippen molar-refractivity contribution in [3.05, 3.63) is 75.1 Å². The predicted octanol–water partition coefficient (Wildman–Crippen LogP) is 3.99. The molecule has 1 aliphatic carbocycles. The number of amides is 1. The van der Waals surface area contributed by atoms with Gasteiger partial charge in [0.2, 0.25) is 0 Å². The van der Waals surface area contributed by atoms with Gasteiger partial charge in [-0.2, -0.15) is 0 Å². The molecule has 2 N–H and O–H groups in total. The van der Waals surface area contributed by atoms with Gasteiger partial charge in [-0.15, -0.1) is 0 Å². The number of fused-ring (bicyclic) bond motifs is 1. The SMILES string of the molecule is Cc1cc(C)c2[nH]c(=O)c(C(=O)Nc3ccc(C(=O)C4CC4)cc3)cc2c1. The van der Waals surface area contributed by atoms with E-state index in [4.69, 9.17) is 0 Å². The number of anilines is 1. The number of carbonyl (C=O) groups excluding carboxylic acids is 2. The standard InChI is InChI=1S/C22H20N2O3/c1-12-9-13(2)19-16(10-12)11-18(22(27)24-19)21(26)23-17-7-5-15(6-8-17)20(25)14-3-4-14/h5-11,14H,3-4H2,1-2H3,(H,23,26)(H,24,27). The van der Waals surface area contributed by atoms with E-state index in [1.165, 1.54) is 0 Å². The minimum absolute atomic E-state index is 0.0608. The van der Waals surface area contributed by atoms with Crippen LogP contribution in [-0.4, -0.2) is 16.7 Å². The lowest BCUT2D eigenvalue weighted by molar-refractivity contribution is 0.0967. The van der Waals surface area contributed by atoms with Gasteiger partial charge >= 0.3 is 0 Å². The Morgan fingerprint density at radius 1 is 1.04 bits per heavy atom. The molecule has 0 unspecified atom stereocenters. The average Bonchev–Trinajstić information content (AvgIpc) is 3.47. The fraction of sp³-hybridized carbons (Fsp3) is 0.227. The van der Waals surface area contributed by atoms with Gasteiger partial charge in [0.25, 0.3) is 11.5 Å². The van der Waals surface area contributed by atoms with Crippen molar-refractivity contribution in [1.29, 1.82) is 0 Å². The molecule has 1 amide bonds. The third-order valence-electron chi connectivity index (χ3n) is 4.91. The van der Waals surface area contributed by atoms with Crippen molar-refractivity contribution >= 4 is 28.3 Å². The summed E-state index contributed by atoms with van der Waals surface area (Å²) in [7, 11) is 0. The smallest absolute Gasteiger partial charge is 0.261 e. The van der Waals surface area contributed by atoms with E-state index in [2.05, 4.69) is 10.3 Å². The van der Waals surface area contributed by atoms with Crippen LogP contribution in [0, 0.1) is 19.8 Å². The second-order valence-corrected chi connectivity index (χ2v) is 7.23. The Hall–Kier alpha value is -3.21. The molecule has 3 aromatic rings. The summed E-state index contributed by atoms with van der Waals surface area (Å²) >= 11 is 0. The number of aromatic nitrogens is 1. The highest BCUT2D eigenvalue weighted by Crippen LogP contribution is 2.32. The van der Waals surface area contributed by atoms with Crippen molar-refractivity contribution in [2.24, 2.45) is 5.92 Å². The lowest BCUT2D eigenvalue weighted by atomic mass is 10.0. The Balaban J connectivity index is 1.60. The van der Waals surface area contributed by atoms with E-state index < -0.39 is 11.5 Å². The first-order valence-electron chi connectivity index (χ1n) is 9.02. The van der Waals surface area contributed by atoms with Crippen LogP contribution in [0.25, 0.3) is 10.9 Å². The zero-order valence-electron chi connectivity index (χ0n) is 15.3. The van der Waals surface area contributed by atoms with Crippen LogP contribution in [0.2, 0.25) is 0 Å². The fourth-order valence-electron chi connectivity index (χ4n) is 3.35. The fourth-order valence-corrected chi connectivity index (χ4v) is 3.35. The molecule has 0 radical (unpaired) electrons. The molecule has 5 nitrogen and oxygen atoms in total. The monoisotopic (exact) mass is 360 g/mol. The topological polar surface area (TPSA) is 79.0 Å². The maximum absolute atomic E-state index is 12.6. The lowest BCUT2D eigenvalue weighted by Gasteiger charge is -2.08. The number of carbonyl (C=O) groups is 2. The van der Waals surface area contributed by atoms with Gasteiger partial charge in [-0.25, -0.2) is 0 Å². The number of ketones is 1. The summed E-state index contributed by atoms with van der Waals surface area (Å²) in [5.41, 5.74) is 3.61. The van der Waals surface area contributed by atoms with Crippen LogP contribution in [0.5, 0.6) is 0 Å². The summed E-state index contributed by atoms with van der Waals surface area (Å²) in [6.07, 6.45) is 1.92. The number of rotatable bonds is 4. The number of nitrogens with one attached hydrogen (secondary N) is 2. The highest BCUT2D eigenvalue weighted by atomic mass is 16.2. The first-order chi connectivity index (χ1) is 12.9. The summed E-state index contributed by atoms with van der Waals surface area (Å²) in [4.78, 5) is 39.8. The maximum Gasteiger partial charge on any atom is 0.261 e. The zero-order valence-corrected chi connectivity index (χ0v) is 15.3. The van der Waals surface area contributed by atoms with Crippen LogP contribution in [0.15, 0.2) is 47.3 Å². The van der Waals surface area contributed by atoms with Crippen molar-refractivity contribution in [2.45, 2.75) is 26.7 Å². The molecule has 1 fully saturated rings. The average molecular weight is 360 g/mol. The summed E-state index contributed by atoms with van der Waals surface area (Å²) in [6.45, 7) is 3.90. The Kier molecular flexibility index (Phi) is 4.15. The highest BCUT2D eigenvalue weighted by Gasteiger charge is 2.30. The number of hydrogen-bond acceptors (Lipinski definition) is 3. The normalized spacial score (nSPS) is 13.6. The molecule has 0 atom stereocenters. The number of Topliss-reactive ketones (excluding diaryl/α,β-unsaturated/α-hetero) is 1. The molecule has 2 aromatic carbocycles. The number of benzene rings is 2. The number of pyridine rings is 1. The Labute approximate surface area is 156 Å². The summed E-state index contributed by atoms with van der Waals surface area (Å²) in [5, 5.41) is 3.56. The first kappa shape index (κ1) is 17.2. The molecule has 0 spiro atoms. The van der Waals surface area contributed by atoms with E-state index in [0.717, 1.165) is 34.9 Å². The molecule has 1 aromatic heterocycles.